The highest BCUT2D eigenvalue weighted by Crippen LogP contribution is 2.54. The Morgan fingerprint density at radius 1 is 1.19 bits per heavy atom. The van der Waals surface area contributed by atoms with Crippen LogP contribution in [-0.4, -0.2) is 35.2 Å². The molecule has 2 aromatic rings. The lowest BCUT2D eigenvalue weighted by atomic mass is 9.95. The first-order chi connectivity index (χ1) is 15.5. The van der Waals surface area contributed by atoms with Gasteiger partial charge < -0.3 is 10.2 Å². The van der Waals surface area contributed by atoms with Gasteiger partial charge in [-0.1, -0.05) is 49.1 Å². The van der Waals surface area contributed by atoms with Crippen LogP contribution in [0.1, 0.15) is 48.8 Å². The number of hydrogen-bond donors (Lipinski definition) is 1. The molecule has 2 heterocycles. The van der Waals surface area contributed by atoms with Gasteiger partial charge in [0.25, 0.3) is 5.91 Å². The second-order valence-corrected chi connectivity index (χ2v) is 10.3. The van der Waals surface area contributed by atoms with Gasteiger partial charge in [0, 0.05) is 23.9 Å². The van der Waals surface area contributed by atoms with Crippen molar-refractivity contribution in [1.29, 1.82) is 0 Å². The molecule has 1 spiro atoms. The van der Waals surface area contributed by atoms with Gasteiger partial charge in [0.2, 0.25) is 0 Å². The molecule has 0 aromatic heterocycles. The number of urea groups is 1. The molecule has 1 N–H and O–H groups in total. The number of nitrogens with zero attached hydrogens (tertiary/aromatic N) is 2. The Balaban J connectivity index is 1.50. The van der Waals surface area contributed by atoms with Crippen molar-refractivity contribution in [3.63, 3.8) is 0 Å². The van der Waals surface area contributed by atoms with E-state index in [0.29, 0.717) is 30.1 Å². The van der Waals surface area contributed by atoms with Gasteiger partial charge in [-0.2, -0.15) is 0 Å². The third-order valence-electron chi connectivity index (χ3n) is 6.76. The van der Waals surface area contributed by atoms with Gasteiger partial charge in [-0.05, 0) is 43.5 Å². The summed E-state index contributed by atoms with van der Waals surface area (Å²) in [4.78, 5) is 29.5. The maximum absolute atomic E-state index is 14.4. The molecule has 7 heteroatoms. The number of carbonyl (C=O) groups excluding carboxylic acids is 2. The number of amides is 3. The number of aryl methyl sites for hydroxylation is 1. The SMILES string of the molecule is Cc1cccc(CN2C(=O)[C@]3(SCCN3C(=O)NC3CCCCC3)c3cc(F)ccc32)c1. The van der Waals surface area contributed by atoms with E-state index in [-0.39, 0.29) is 18.0 Å². The number of carbonyl (C=O) groups is 2. The molecule has 168 valence electrons. The van der Waals surface area contributed by atoms with E-state index in [0.717, 1.165) is 36.8 Å². The normalized spacial score (nSPS) is 23.1. The maximum Gasteiger partial charge on any atom is 0.319 e. The summed E-state index contributed by atoms with van der Waals surface area (Å²) in [5, 5.41) is 3.16. The first-order valence-electron chi connectivity index (χ1n) is 11.4. The Morgan fingerprint density at radius 2 is 2.00 bits per heavy atom. The molecule has 1 aliphatic carbocycles. The van der Waals surface area contributed by atoms with E-state index in [1.54, 1.807) is 15.9 Å². The molecule has 2 aliphatic heterocycles. The number of benzene rings is 2. The van der Waals surface area contributed by atoms with E-state index in [2.05, 4.69) is 11.4 Å². The highest BCUT2D eigenvalue weighted by atomic mass is 32.2. The van der Waals surface area contributed by atoms with Crippen molar-refractivity contribution < 1.29 is 14.0 Å². The van der Waals surface area contributed by atoms with Crippen molar-refractivity contribution in [2.75, 3.05) is 17.2 Å². The summed E-state index contributed by atoms with van der Waals surface area (Å²) in [7, 11) is 0. The van der Waals surface area contributed by atoms with E-state index in [1.165, 1.54) is 30.3 Å². The van der Waals surface area contributed by atoms with E-state index < -0.39 is 10.7 Å². The van der Waals surface area contributed by atoms with Crippen LogP contribution in [-0.2, 0) is 16.2 Å². The number of thioether (sulfide) groups is 1. The lowest BCUT2D eigenvalue weighted by molar-refractivity contribution is -0.123. The number of hydrogen-bond acceptors (Lipinski definition) is 3. The summed E-state index contributed by atoms with van der Waals surface area (Å²) in [5.74, 6) is 0.0762. The van der Waals surface area contributed by atoms with E-state index in [4.69, 9.17) is 0 Å². The monoisotopic (exact) mass is 453 g/mol. The second kappa shape index (κ2) is 8.43. The molecule has 3 amide bonds. The Hall–Kier alpha value is -2.54. The quantitative estimate of drug-likeness (QED) is 0.717. The minimum absolute atomic E-state index is 0.144. The lowest BCUT2D eigenvalue weighted by Crippen LogP contribution is -2.55. The molecule has 5 nitrogen and oxygen atoms in total. The molecule has 3 aliphatic rings. The van der Waals surface area contributed by atoms with Crippen LogP contribution in [0.25, 0.3) is 0 Å². The fourth-order valence-corrected chi connectivity index (χ4v) is 6.69. The van der Waals surface area contributed by atoms with Crippen molar-refractivity contribution in [2.24, 2.45) is 0 Å². The summed E-state index contributed by atoms with van der Waals surface area (Å²) in [5.41, 5.74) is 3.39. The molecular formula is C25H28FN3O2S. The van der Waals surface area contributed by atoms with Gasteiger partial charge in [0.05, 0.1) is 12.2 Å². The average Bonchev–Trinajstić information content (AvgIpc) is 3.32. The molecule has 0 bridgehead atoms. The zero-order valence-corrected chi connectivity index (χ0v) is 19.1. The molecule has 0 radical (unpaired) electrons. The van der Waals surface area contributed by atoms with Gasteiger partial charge >= 0.3 is 6.03 Å². The van der Waals surface area contributed by atoms with Gasteiger partial charge in [0.15, 0.2) is 4.87 Å². The standard InChI is InChI=1S/C25H28FN3O2S/c1-17-6-5-7-18(14-17)16-28-22-11-10-19(26)15-21(22)25(23(28)30)29(12-13-32-25)24(31)27-20-8-3-2-4-9-20/h5-7,10-11,14-15,20H,2-4,8-9,12-13,16H2,1H3,(H,27,31)/t25-/m1/s1. The predicted molar refractivity (Wildman–Crippen MR) is 125 cm³/mol. The van der Waals surface area contributed by atoms with E-state index >= 15 is 0 Å². The summed E-state index contributed by atoms with van der Waals surface area (Å²) < 4.78 is 14.4. The van der Waals surface area contributed by atoms with Crippen molar-refractivity contribution >= 4 is 29.4 Å². The molecule has 1 saturated carbocycles. The van der Waals surface area contributed by atoms with Crippen LogP contribution >= 0.6 is 11.8 Å². The van der Waals surface area contributed by atoms with Crippen molar-refractivity contribution in [3.05, 3.63) is 65.0 Å². The summed E-state index contributed by atoms with van der Waals surface area (Å²) >= 11 is 1.43. The molecule has 2 aromatic carbocycles. The molecular weight excluding hydrogens is 425 g/mol. The first kappa shape index (κ1) is 21.3. The van der Waals surface area contributed by atoms with Crippen molar-refractivity contribution in [1.82, 2.24) is 10.2 Å². The van der Waals surface area contributed by atoms with Crippen LogP contribution in [0.4, 0.5) is 14.9 Å². The molecule has 5 rings (SSSR count). The first-order valence-corrected chi connectivity index (χ1v) is 12.4. The lowest BCUT2D eigenvalue weighted by Gasteiger charge is -2.35. The van der Waals surface area contributed by atoms with Gasteiger partial charge in [-0.3, -0.25) is 9.69 Å². The molecule has 1 atom stereocenters. The van der Waals surface area contributed by atoms with Gasteiger partial charge in [0.1, 0.15) is 5.82 Å². The minimum atomic E-state index is -1.21. The predicted octanol–water partition coefficient (Wildman–Crippen LogP) is 4.92. The van der Waals surface area contributed by atoms with Crippen LogP contribution < -0.4 is 10.2 Å². The van der Waals surface area contributed by atoms with Crippen LogP contribution in [0.3, 0.4) is 0 Å². The van der Waals surface area contributed by atoms with Crippen molar-refractivity contribution in [2.45, 2.75) is 56.5 Å². The fraction of sp³-hybridized carbons (Fsp3) is 0.440. The second-order valence-electron chi connectivity index (χ2n) is 8.97. The van der Waals surface area contributed by atoms with Crippen LogP contribution in [0, 0.1) is 12.7 Å². The summed E-state index contributed by atoms with van der Waals surface area (Å²) in [6, 6.07) is 12.5. The topological polar surface area (TPSA) is 52.7 Å². The molecule has 32 heavy (non-hydrogen) atoms. The third kappa shape index (κ3) is 3.56. The number of fused-ring (bicyclic) bond motifs is 2. The van der Waals surface area contributed by atoms with Crippen molar-refractivity contribution in [3.8, 4) is 0 Å². The average molecular weight is 454 g/mol. The van der Waals surface area contributed by atoms with Gasteiger partial charge in [-0.25, -0.2) is 9.18 Å². The van der Waals surface area contributed by atoms with E-state index in [9.17, 15) is 14.0 Å². The van der Waals surface area contributed by atoms with Gasteiger partial charge in [-0.15, -0.1) is 11.8 Å². The smallest absolute Gasteiger partial charge is 0.319 e. The minimum Gasteiger partial charge on any atom is -0.335 e. The zero-order valence-electron chi connectivity index (χ0n) is 18.3. The van der Waals surface area contributed by atoms with Crippen LogP contribution in [0.5, 0.6) is 0 Å². The summed E-state index contributed by atoms with van der Waals surface area (Å²) in [6.07, 6.45) is 5.37. The number of halogens is 1. The van der Waals surface area contributed by atoms with Crippen LogP contribution in [0.2, 0.25) is 0 Å². The Morgan fingerprint density at radius 3 is 2.78 bits per heavy atom. The molecule has 1 saturated heterocycles. The van der Waals surface area contributed by atoms with E-state index in [1.807, 2.05) is 25.1 Å². The Labute approximate surface area is 192 Å². The summed E-state index contributed by atoms with van der Waals surface area (Å²) in [6.45, 7) is 2.87. The number of nitrogens with one attached hydrogen (secondary N) is 1. The number of rotatable bonds is 3. The maximum atomic E-state index is 14.4. The highest BCUT2D eigenvalue weighted by molar-refractivity contribution is 8.01. The van der Waals surface area contributed by atoms with Crippen LogP contribution in [0.15, 0.2) is 42.5 Å². The number of anilines is 1. The fourth-order valence-electron chi connectivity index (χ4n) is 5.24. The zero-order chi connectivity index (χ0) is 22.3. The largest absolute Gasteiger partial charge is 0.335 e. The third-order valence-corrected chi connectivity index (χ3v) is 8.18. The molecule has 0 unspecified atom stereocenters. The Bertz CT molecular complexity index is 1060. The molecule has 2 fully saturated rings. The Kier molecular flexibility index (Phi) is 5.61. The highest BCUT2D eigenvalue weighted by Gasteiger charge is 2.59.